The SMILES string of the molecule is CC(C(=O)O)C(=O)N(C)C(C)c1cccc(Cl)c1. The Labute approximate surface area is 111 Å². The van der Waals surface area contributed by atoms with Gasteiger partial charge in [-0.3, -0.25) is 9.59 Å². The van der Waals surface area contributed by atoms with E-state index in [0.717, 1.165) is 5.56 Å². The predicted molar refractivity (Wildman–Crippen MR) is 69.4 cm³/mol. The minimum Gasteiger partial charge on any atom is -0.481 e. The van der Waals surface area contributed by atoms with Gasteiger partial charge in [0.15, 0.2) is 0 Å². The van der Waals surface area contributed by atoms with Gasteiger partial charge in [0.05, 0.1) is 6.04 Å². The van der Waals surface area contributed by atoms with Crippen LogP contribution in [0, 0.1) is 5.92 Å². The third-order valence-electron chi connectivity index (χ3n) is 3.00. The van der Waals surface area contributed by atoms with Crippen LogP contribution in [0.15, 0.2) is 24.3 Å². The molecule has 1 N–H and O–H groups in total. The van der Waals surface area contributed by atoms with Gasteiger partial charge in [-0.25, -0.2) is 0 Å². The van der Waals surface area contributed by atoms with Crippen molar-refractivity contribution in [2.24, 2.45) is 5.92 Å². The smallest absolute Gasteiger partial charge is 0.315 e. The number of aliphatic carboxylic acids is 1. The average Bonchev–Trinajstić information content (AvgIpc) is 2.35. The minimum atomic E-state index is -1.12. The molecule has 0 aliphatic carbocycles. The first-order valence-corrected chi connectivity index (χ1v) is 5.97. The number of halogens is 1. The molecule has 0 fully saturated rings. The molecule has 0 aliphatic rings. The van der Waals surface area contributed by atoms with E-state index in [-0.39, 0.29) is 6.04 Å². The predicted octanol–water partition coefficient (Wildman–Crippen LogP) is 2.58. The minimum absolute atomic E-state index is 0.224. The molecule has 0 aliphatic heterocycles. The number of amides is 1. The fraction of sp³-hybridized carbons (Fsp3) is 0.385. The maximum Gasteiger partial charge on any atom is 0.315 e. The molecular formula is C13H16ClNO3. The molecule has 18 heavy (non-hydrogen) atoms. The second kappa shape index (κ2) is 5.87. The Bertz CT molecular complexity index is 461. The lowest BCUT2D eigenvalue weighted by atomic mass is 10.1. The second-order valence-electron chi connectivity index (χ2n) is 4.24. The van der Waals surface area contributed by atoms with Crippen LogP contribution in [0.3, 0.4) is 0 Å². The molecule has 1 rings (SSSR count). The Morgan fingerprint density at radius 2 is 1.94 bits per heavy atom. The van der Waals surface area contributed by atoms with Crippen molar-refractivity contribution >= 4 is 23.5 Å². The van der Waals surface area contributed by atoms with Crippen molar-refractivity contribution in [3.63, 3.8) is 0 Å². The second-order valence-corrected chi connectivity index (χ2v) is 4.68. The van der Waals surface area contributed by atoms with Gasteiger partial charge in [-0.2, -0.15) is 0 Å². The largest absolute Gasteiger partial charge is 0.481 e. The molecule has 0 spiro atoms. The van der Waals surface area contributed by atoms with Gasteiger partial charge < -0.3 is 10.0 Å². The quantitative estimate of drug-likeness (QED) is 0.855. The van der Waals surface area contributed by atoms with Gasteiger partial charge in [0.25, 0.3) is 0 Å². The van der Waals surface area contributed by atoms with Crippen LogP contribution in [-0.2, 0) is 9.59 Å². The third kappa shape index (κ3) is 3.23. The molecule has 0 radical (unpaired) electrons. The normalized spacial score (nSPS) is 13.8. The molecule has 1 aromatic carbocycles. The Morgan fingerprint density at radius 3 is 2.44 bits per heavy atom. The van der Waals surface area contributed by atoms with Gasteiger partial charge in [-0.05, 0) is 31.5 Å². The summed E-state index contributed by atoms with van der Waals surface area (Å²) < 4.78 is 0. The first-order chi connectivity index (χ1) is 8.34. The van der Waals surface area contributed by atoms with E-state index in [1.165, 1.54) is 11.8 Å². The fourth-order valence-corrected chi connectivity index (χ4v) is 1.79. The molecule has 1 aromatic rings. The number of hydrogen-bond acceptors (Lipinski definition) is 2. The van der Waals surface area contributed by atoms with E-state index in [1.807, 2.05) is 13.0 Å². The number of nitrogens with zero attached hydrogens (tertiary/aromatic N) is 1. The zero-order valence-electron chi connectivity index (χ0n) is 10.6. The van der Waals surface area contributed by atoms with Crippen molar-refractivity contribution in [3.8, 4) is 0 Å². The summed E-state index contributed by atoms with van der Waals surface area (Å²) in [4.78, 5) is 24.1. The Kier molecular flexibility index (Phi) is 4.73. The van der Waals surface area contributed by atoms with Crippen LogP contribution in [0.5, 0.6) is 0 Å². The number of carboxylic acid groups (broad SMARTS) is 1. The summed E-state index contributed by atoms with van der Waals surface area (Å²) in [6.07, 6.45) is 0. The van der Waals surface area contributed by atoms with Gasteiger partial charge in [0.2, 0.25) is 5.91 Å². The lowest BCUT2D eigenvalue weighted by Crippen LogP contribution is -2.37. The van der Waals surface area contributed by atoms with Gasteiger partial charge in [0.1, 0.15) is 5.92 Å². The van der Waals surface area contributed by atoms with E-state index < -0.39 is 17.8 Å². The Balaban J connectivity index is 2.87. The highest BCUT2D eigenvalue weighted by atomic mass is 35.5. The molecule has 0 aromatic heterocycles. The summed E-state index contributed by atoms with van der Waals surface area (Å²) in [5.41, 5.74) is 0.871. The third-order valence-corrected chi connectivity index (χ3v) is 3.24. The van der Waals surface area contributed by atoms with Crippen molar-refractivity contribution in [2.45, 2.75) is 19.9 Å². The van der Waals surface area contributed by atoms with Gasteiger partial charge in [-0.1, -0.05) is 23.7 Å². The van der Waals surface area contributed by atoms with E-state index in [1.54, 1.807) is 25.2 Å². The van der Waals surface area contributed by atoms with Crippen molar-refractivity contribution in [1.82, 2.24) is 4.90 Å². The molecule has 0 bridgehead atoms. The lowest BCUT2D eigenvalue weighted by Gasteiger charge is -2.27. The molecule has 98 valence electrons. The fourth-order valence-electron chi connectivity index (χ4n) is 1.59. The van der Waals surface area contributed by atoms with Crippen molar-refractivity contribution < 1.29 is 14.7 Å². The van der Waals surface area contributed by atoms with Gasteiger partial charge >= 0.3 is 5.97 Å². The van der Waals surface area contributed by atoms with Crippen LogP contribution < -0.4 is 0 Å². The molecule has 5 heteroatoms. The number of benzene rings is 1. The molecule has 2 unspecified atom stereocenters. The molecule has 4 nitrogen and oxygen atoms in total. The number of hydrogen-bond donors (Lipinski definition) is 1. The first-order valence-electron chi connectivity index (χ1n) is 5.59. The molecule has 0 saturated heterocycles. The van der Waals surface area contributed by atoms with Crippen LogP contribution in [-0.4, -0.2) is 28.9 Å². The van der Waals surface area contributed by atoms with Crippen molar-refractivity contribution in [3.05, 3.63) is 34.9 Å². The average molecular weight is 270 g/mol. The highest BCUT2D eigenvalue weighted by Gasteiger charge is 2.27. The van der Waals surface area contributed by atoms with E-state index in [9.17, 15) is 9.59 Å². The van der Waals surface area contributed by atoms with Crippen LogP contribution >= 0.6 is 11.6 Å². The number of rotatable bonds is 4. The number of carbonyl (C=O) groups excluding carboxylic acids is 1. The highest BCUT2D eigenvalue weighted by Crippen LogP contribution is 2.23. The Morgan fingerprint density at radius 1 is 1.33 bits per heavy atom. The zero-order valence-corrected chi connectivity index (χ0v) is 11.3. The van der Waals surface area contributed by atoms with E-state index in [4.69, 9.17) is 16.7 Å². The number of carboxylic acids is 1. The molecule has 2 atom stereocenters. The highest BCUT2D eigenvalue weighted by molar-refractivity contribution is 6.30. The van der Waals surface area contributed by atoms with Gasteiger partial charge in [0, 0.05) is 12.1 Å². The molecule has 0 heterocycles. The maximum absolute atomic E-state index is 11.9. The standard InChI is InChI=1S/C13H16ClNO3/c1-8(13(17)18)12(16)15(3)9(2)10-5-4-6-11(14)7-10/h4-9H,1-3H3,(H,17,18). The van der Waals surface area contributed by atoms with E-state index in [2.05, 4.69) is 0 Å². The summed E-state index contributed by atoms with van der Waals surface area (Å²) in [7, 11) is 1.59. The van der Waals surface area contributed by atoms with Crippen molar-refractivity contribution in [2.75, 3.05) is 7.05 Å². The monoisotopic (exact) mass is 269 g/mol. The maximum atomic E-state index is 11.9. The summed E-state index contributed by atoms with van der Waals surface area (Å²) in [5.74, 6) is -2.59. The van der Waals surface area contributed by atoms with Crippen LogP contribution in [0.25, 0.3) is 0 Å². The van der Waals surface area contributed by atoms with Crippen LogP contribution in [0.2, 0.25) is 5.02 Å². The first kappa shape index (κ1) is 14.5. The van der Waals surface area contributed by atoms with E-state index in [0.29, 0.717) is 5.02 Å². The lowest BCUT2D eigenvalue weighted by molar-refractivity contribution is -0.150. The van der Waals surface area contributed by atoms with Gasteiger partial charge in [-0.15, -0.1) is 0 Å². The molecule has 1 amide bonds. The summed E-state index contributed by atoms with van der Waals surface area (Å²) in [6, 6.07) is 6.94. The molecule has 0 saturated carbocycles. The topological polar surface area (TPSA) is 57.6 Å². The zero-order chi connectivity index (χ0) is 13.9. The summed E-state index contributed by atoms with van der Waals surface area (Å²) >= 11 is 5.89. The van der Waals surface area contributed by atoms with E-state index >= 15 is 0 Å². The van der Waals surface area contributed by atoms with Crippen molar-refractivity contribution in [1.29, 1.82) is 0 Å². The van der Waals surface area contributed by atoms with Crippen LogP contribution in [0.1, 0.15) is 25.5 Å². The summed E-state index contributed by atoms with van der Waals surface area (Å²) in [5, 5.41) is 9.42. The van der Waals surface area contributed by atoms with Crippen LogP contribution in [0.4, 0.5) is 0 Å². The Hall–Kier alpha value is -1.55. The molecular weight excluding hydrogens is 254 g/mol. The summed E-state index contributed by atoms with van der Waals surface area (Å²) in [6.45, 7) is 3.21. The number of carbonyl (C=O) groups is 2.